The molecule has 0 aliphatic heterocycles. The van der Waals surface area contributed by atoms with Gasteiger partial charge in [0.1, 0.15) is 5.75 Å². The van der Waals surface area contributed by atoms with E-state index in [-0.39, 0.29) is 10.8 Å². The molecule has 0 fully saturated rings. The maximum atomic E-state index is 13.2. The van der Waals surface area contributed by atoms with Crippen LogP contribution in [0.3, 0.4) is 0 Å². The minimum Gasteiger partial charge on any atom is -0.497 e. The number of anilines is 1. The summed E-state index contributed by atoms with van der Waals surface area (Å²) in [7, 11) is -2.27. The van der Waals surface area contributed by atoms with Gasteiger partial charge in [0.25, 0.3) is 10.0 Å². The number of nitrogen functional groups attached to an aromatic ring is 1. The smallest absolute Gasteiger partial charge is 0.268 e. The van der Waals surface area contributed by atoms with Crippen LogP contribution in [0.2, 0.25) is 0 Å². The van der Waals surface area contributed by atoms with E-state index in [9.17, 15) is 8.42 Å². The first kappa shape index (κ1) is 17.0. The van der Waals surface area contributed by atoms with Crippen molar-refractivity contribution in [3.63, 3.8) is 0 Å². The molecule has 0 aliphatic carbocycles. The molecule has 0 atom stereocenters. The fourth-order valence-corrected chi connectivity index (χ4v) is 4.31. The predicted octanol–water partition coefficient (Wildman–Crippen LogP) is 2.93. The number of hydrogen-bond acceptors (Lipinski definition) is 6. The van der Waals surface area contributed by atoms with E-state index in [0.717, 1.165) is 5.39 Å². The van der Waals surface area contributed by atoms with E-state index in [2.05, 4.69) is 9.97 Å². The fraction of sp³-hybridized carbons (Fsp3) is 0.0526. The van der Waals surface area contributed by atoms with Crippen molar-refractivity contribution in [1.29, 1.82) is 0 Å². The summed E-state index contributed by atoms with van der Waals surface area (Å²) in [6.45, 7) is 0. The standard InChI is InChI=1S/C19H16N4O3S/c1-26-13-6-8-14(9-7-13)27(24,25)23-12-16(15-4-2-3-5-18(15)23)17-10-11-21-19(20)22-17/h2-12H,1H3,(H2,20,21,22). The van der Waals surface area contributed by atoms with Crippen molar-refractivity contribution < 1.29 is 13.2 Å². The lowest BCUT2D eigenvalue weighted by atomic mass is 10.1. The van der Waals surface area contributed by atoms with E-state index in [1.54, 1.807) is 42.7 Å². The van der Waals surface area contributed by atoms with E-state index in [1.807, 2.05) is 12.1 Å². The Hall–Kier alpha value is -3.39. The number of methoxy groups -OCH3 is 1. The number of rotatable bonds is 4. The maximum absolute atomic E-state index is 13.2. The third kappa shape index (κ3) is 2.89. The van der Waals surface area contributed by atoms with Crippen LogP contribution < -0.4 is 10.5 Å². The van der Waals surface area contributed by atoms with Crippen LogP contribution in [0, 0.1) is 0 Å². The van der Waals surface area contributed by atoms with Gasteiger partial charge >= 0.3 is 0 Å². The van der Waals surface area contributed by atoms with E-state index in [0.29, 0.717) is 22.5 Å². The predicted molar refractivity (Wildman–Crippen MR) is 103 cm³/mol. The molecule has 0 aliphatic rings. The Morgan fingerprint density at radius 2 is 1.78 bits per heavy atom. The molecule has 2 aromatic carbocycles. The van der Waals surface area contributed by atoms with Crippen LogP contribution in [0.5, 0.6) is 5.75 Å². The molecule has 2 aromatic heterocycles. The van der Waals surface area contributed by atoms with Gasteiger partial charge in [0.2, 0.25) is 5.95 Å². The highest BCUT2D eigenvalue weighted by molar-refractivity contribution is 7.90. The number of nitrogens with zero attached hydrogens (tertiary/aromatic N) is 3. The molecule has 0 unspecified atom stereocenters. The van der Waals surface area contributed by atoms with Crippen molar-refractivity contribution in [3.05, 3.63) is 67.0 Å². The third-order valence-electron chi connectivity index (χ3n) is 4.24. The molecule has 0 radical (unpaired) electrons. The summed E-state index contributed by atoms with van der Waals surface area (Å²) in [6.07, 6.45) is 3.10. The summed E-state index contributed by atoms with van der Waals surface area (Å²) in [5.74, 6) is 0.714. The maximum Gasteiger partial charge on any atom is 0.268 e. The van der Waals surface area contributed by atoms with Crippen molar-refractivity contribution in [1.82, 2.24) is 13.9 Å². The first-order chi connectivity index (χ1) is 13.0. The SMILES string of the molecule is COc1ccc(S(=O)(=O)n2cc(-c3ccnc(N)n3)c3ccccc32)cc1. The summed E-state index contributed by atoms with van der Waals surface area (Å²) >= 11 is 0. The number of aromatic nitrogens is 3. The van der Waals surface area contributed by atoms with Gasteiger partial charge in [0.05, 0.1) is 23.2 Å². The van der Waals surface area contributed by atoms with Crippen molar-refractivity contribution >= 4 is 26.9 Å². The highest BCUT2D eigenvalue weighted by atomic mass is 32.2. The molecule has 0 amide bonds. The Labute approximate surface area is 156 Å². The quantitative estimate of drug-likeness (QED) is 0.584. The lowest BCUT2D eigenvalue weighted by Crippen LogP contribution is -2.11. The summed E-state index contributed by atoms with van der Waals surface area (Å²) in [4.78, 5) is 8.29. The minimum atomic E-state index is -3.80. The lowest BCUT2D eigenvalue weighted by molar-refractivity contribution is 0.414. The zero-order valence-electron chi connectivity index (χ0n) is 14.4. The highest BCUT2D eigenvalue weighted by Gasteiger charge is 2.22. The van der Waals surface area contributed by atoms with Gasteiger partial charge in [-0.1, -0.05) is 18.2 Å². The largest absolute Gasteiger partial charge is 0.497 e. The van der Waals surface area contributed by atoms with Crippen LogP contribution in [-0.2, 0) is 10.0 Å². The van der Waals surface area contributed by atoms with Crippen molar-refractivity contribution in [2.24, 2.45) is 0 Å². The van der Waals surface area contributed by atoms with Gasteiger partial charge in [-0.15, -0.1) is 0 Å². The molecule has 136 valence electrons. The van der Waals surface area contributed by atoms with Gasteiger partial charge in [-0.3, -0.25) is 0 Å². The van der Waals surface area contributed by atoms with Gasteiger partial charge in [0, 0.05) is 23.3 Å². The molecule has 0 saturated carbocycles. The fourth-order valence-electron chi connectivity index (χ4n) is 2.94. The van der Waals surface area contributed by atoms with E-state index in [1.165, 1.54) is 23.2 Å². The Bertz CT molecular complexity index is 1230. The van der Waals surface area contributed by atoms with Crippen molar-refractivity contribution in [2.75, 3.05) is 12.8 Å². The highest BCUT2D eigenvalue weighted by Crippen LogP contribution is 2.32. The molecule has 0 bridgehead atoms. The monoisotopic (exact) mass is 380 g/mol. The summed E-state index contributed by atoms with van der Waals surface area (Å²) in [5.41, 5.74) is 7.47. The topological polar surface area (TPSA) is 100 Å². The zero-order chi connectivity index (χ0) is 19.0. The number of benzene rings is 2. The Kier molecular flexibility index (Phi) is 4.04. The van der Waals surface area contributed by atoms with Gasteiger partial charge in [-0.05, 0) is 36.4 Å². The first-order valence-corrected chi connectivity index (χ1v) is 9.53. The molecular weight excluding hydrogens is 364 g/mol. The average molecular weight is 380 g/mol. The number of para-hydroxylation sites is 1. The van der Waals surface area contributed by atoms with Gasteiger partial charge < -0.3 is 10.5 Å². The minimum absolute atomic E-state index is 0.127. The molecule has 8 heteroatoms. The van der Waals surface area contributed by atoms with Crippen LogP contribution in [-0.4, -0.2) is 29.5 Å². The van der Waals surface area contributed by atoms with E-state index >= 15 is 0 Å². The molecule has 0 spiro atoms. The average Bonchev–Trinajstić information content (AvgIpc) is 3.08. The molecule has 2 heterocycles. The summed E-state index contributed by atoms with van der Waals surface area (Å²) < 4.78 is 32.8. The second kappa shape index (κ2) is 6.40. The second-order valence-corrected chi connectivity index (χ2v) is 7.65. The molecular formula is C19H16N4O3S. The Balaban J connectivity index is 1.94. The number of nitrogens with two attached hydrogens (primary N) is 1. The van der Waals surface area contributed by atoms with Crippen LogP contribution >= 0.6 is 0 Å². The lowest BCUT2D eigenvalue weighted by Gasteiger charge is -2.08. The number of fused-ring (bicyclic) bond motifs is 1. The normalized spacial score (nSPS) is 11.6. The van der Waals surface area contributed by atoms with Crippen molar-refractivity contribution in [2.45, 2.75) is 4.90 Å². The van der Waals surface area contributed by atoms with Crippen LogP contribution in [0.25, 0.3) is 22.2 Å². The Morgan fingerprint density at radius 1 is 1.04 bits per heavy atom. The molecule has 4 rings (SSSR count). The zero-order valence-corrected chi connectivity index (χ0v) is 15.2. The molecule has 27 heavy (non-hydrogen) atoms. The first-order valence-electron chi connectivity index (χ1n) is 8.09. The van der Waals surface area contributed by atoms with Gasteiger partial charge in [-0.2, -0.15) is 0 Å². The summed E-state index contributed by atoms with van der Waals surface area (Å²) in [6, 6.07) is 15.2. The molecule has 4 aromatic rings. The summed E-state index contributed by atoms with van der Waals surface area (Å²) in [5, 5.41) is 0.757. The Morgan fingerprint density at radius 3 is 2.48 bits per heavy atom. The van der Waals surface area contributed by atoms with Gasteiger partial charge in [0.15, 0.2) is 0 Å². The van der Waals surface area contributed by atoms with Crippen molar-refractivity contribution in [3.8, 4) is 17.0 Å². The molecule has 7 nitrogen and oxygen atoms in total. The van der Waals surface area contributed by atoms with E-state index in [4.69, 9.17) is 10.5 Å². The van der Waals surface area contributed by atoms with Crippen LogP contribution in [0.15, 0.2) is 71.9 Å². The number of hydrogen-bond donors (Lipinski definition) is 1. The van der Waals surface area contributed by atoms with Crippen LogP contribution in [0.1, 0.15) is 0 Å². The van der Waals surface area contributed by atoms with E-state index < -0.39 is 10.0 Å². The molecule has 0 saturated heterocycles. The third-order valence-corrected chi connectivity index (χ3v) is 5.93. The van der Waals surface area contributed by atoms with Crippen LogP contribution in [0.4, 0.5) is 5.95 Å². The van der Waals surface area contributed by atoms with Gasteiger partial charge in [-0.25, -0.2) is 22.4 Å². The second-order valence-electron chi connectivity index (χ2n) is 5.84. The molecule has 2 N–H and O–H groups in total. The number of ether oxygens (including phenoxy) is 1.